The molecule has 0 spiro atoms. The largest absolute Gasteiger partial charge is 0.349 e. The number of nitrogens with zero attached hydrogens (tertiary/aromatic N) is 1. The third-order valence-electron chi connectivity index (χ3n) is 5.53. The van der Waals surface area contributed by atoms with E-state index in [4.69, 9.17) is 5.73 Å². The van der Waals surface area contributed by atoms with Crippen molar-refractivity contribution >= 4 is 11.8 Å². The molecule has 2 aliphatic rings. The molecule has 2 amide bonds. The molecule has 1 heterocycles. The van der Waals surface area contributed by atoms with Crippen LogP contribution in [-0.4, -0.2) is 42.4 Å². The first-order chi connectivity index (χ1) is 12.1. The van der Waals surface area contributed by atoms with Crippen molar-refractivity contribution in [2.24, 2.45) is 17.6 Å². The van der Waals surface area contributed by atoms with E-state index in [1.807, 2.05) is 4.90 Å². The van der Waals surface area contributed by atoms with E-state index >= 15 is 0 Å². The van der Waals surface area contributed by atoms with Crippen LogP contribution in [0.2, 0.25) is 0 Å². The fourth-order valence-corrected chi connectivity index (χ4v) is 3.99. The third-order valence-corrected chi connectivity index (χ3v) is 5.53. The second-order valence-electron chi connectivity index (χ2n) is 7.11. The van der Waals surface area contributed by atoms with Gasteiger partial charge in [0, 0.05) is 30.6 Å². The SMILES string of the molecule is NC[C@H]1CCC[C@H]1C(=O)N1CCC(NC(=O)c2ccc(F)cc2)CC1. The Morgan fingerprint density at radius 2 is 1.80 bits per heavy atom. The summed E-state index contributed by atoms with van der Waals surface area (Å²) in [5.74, 6) is 0.0878. The van der Waals surface area contributed by atoms with Crippen molar-refractivity contribution in [3.8, 4) is 0 Å². The zero-order valence-corrected chi connectivity index (χ0v) is 14.4. The van der Waals surface area contributed by atoms with Crippen LogP contribution >= 0.6 is 0 Å². The normalized spacial score (nSPS) is 24.3. The van der Waals surface area contributed by atoms with Crippen LogP contribution in [0.5, 0.6) is 0 Å². The van der Waals surface area contributed by atoms with Gasteiger partial charge >= 0.3 is 0 Å². The molecule has 1 aromatic carbocycles. The Labute approximate surface area is 147 Å². The standard InChI is InChI=1S/C19H26FN3O2/c20-15-6-4-13(5-7-15)18(24)22-16-8-10-23(11-9-16)19(25)17-3-1-2-14(17)12-21/h4-7,14,16-17H,1-3,8-12,21H2,(H,22,24)/t14-,17-/m1/s1. The van der Waals surface area contributed by atoms with E-state index in [0.29, 0.717) is 31.1 Å². The maximum absolute atomic E-state index is 12.9. The fourth-order valence-electron chi connectivity index (χ4n) is 3.99. The van der Waals surface area contributed by atoms with Gasteiger partial charge in [-0.1, -0.05) is 6.42 Å². The van der Waals surface area contributed by atoms with Gasteiger partial charge in [-0.05, 0) is 62.4 Å². The lowest BCUT2D eigenvalue weighted by atomic mass is 9.93. The van der Waals surface area contributed by atoms with Crippen LogP contribution in [0, 0.1) is 17.7 Å². The van der Waals surface area contributed by atoms with E-state index in [1.165, 1.54) is 24.3 Å². The maximum atomic E-state index is 12.9. The number of rotatable bonds is 4. The highest BCUT2D eigenvalue weighted by molar-refractivity contribution is 5.94. The molecule has 3 N–H and O–H groups in total. The average Bonchev–Trinajstić information content (AvgIpc) is 3.11. The molecule has 0 bridgehead atoms. The van der Waals surface area contributed by atoms with Crippen molar-refractivity contribution in [1.82, 2.24) is 10.2 Å². The summed E-state index contributed by atoms with van der Waals surface area (Å²) in [4.78, 5) is 26.8. The highest BCUT2D eigenvalue weighted by Gasteiger charge is 2.36. The molecule has 1 saturated carbocycles. The average molecular weight is 347 g/mol. The van der Waals surface area contributed by atoms with Gasteiger partial charge < -0.3 is 16.0 Å². The second kappa shape index (κ2) is 7.95. The predicted octanol–water partition coefficient (Wildman–Crippen LogP) is 1.92. The number of carbonyl (C=O) groups is 2. The van der Waals surface area contributed by atoms with Gasteiger partial charge in [-0.25, -0.2) is 4.39 Å². The van der Waals surface area contributed by atoms with Crippen molar-refractivity contribution in [2.45, 2.75) is 38.1 Å². The molecule has 0 radical (unpaired) electrons. The van der Waals surface area contributed by atoms with Crippen molar-refractivity contribution in [1.29, 1.82) is 0 Å². The molecular weight excluding hydrogens is 321 g/mol. The summed E-state index contributed by atoms with van der Waals surface area (Å²) in [5.41, 5.74) is 6.25. The lowest BCUT2D eigenvalue weighted by Gasteiger charge is -2.35. The van der Waals surface area contributed by atoms with Crippen LogP contribution < -0.4 is 11.1 Å². The quantitative estimate of drug-likeness (QED) is 0.874. The van der Waals surface area contributed by atoms with Crippen LogP contribution in [0.1, 0.15) is 42.5 Å². The number of likely N-dealkylation sites (tertiary alicyclic amines) is 1. The minimum absolute atomic E-state index is 0.0514. The van der Waals surface area contributed by atoms with Gasteiger partial charge in [0.05, 0.1) is 0 Å². The maximum Gasteiger partial charge on any atom is 0.251 e. The molecule has 0 aromatic heterocycles. The lowest BCUT2D eigenvalue weighted by Crippen LogP contribution is -2.48. The Hall–Kier alpha value is -1.95. The van der Waals surface area contributed by atoms with Gasteiger partial charge in [0.25, 0.3) is 5.91 Å². The van der Waals surface area contributed by atoms with Crippen LogP contribution in [0.15, 0.2) is 24.3 Å². The zero-order valence-electron chi connectivity index (χ0n) is 14.4. The molecule has 25 heavy (non-hydrogen) atoms. The monoisotopic (exact) mass is 347 g/mol. The molecule has 1 saturated heterocycles. The van der Waals surface area contributed by atoms with Gasteiger partial charge in [-0.3, -0.25) is 9.59 Å². The minimum Gasteiger partial charge on any atom is -0.349 e. The van der Waals surface area contributed by atoms with Crippen LogP contribution in [0.4, 0.5) is 4.39 Å². The highest BCUT2D eigenvalue weighted by Crippen LogP contribution is 2.33. The van der Waals surface area contributed by atoms with Crippen LogP contribution in [0.3, 0.4) is 0 Å². The number of hydrogen-bond acceptors (Lipinski definition) is 3. The summed E-state index contributed by atoms with van der Waals surface area (Å²) in [5, 5.41) is 2.98. The number of nitrogens with one attached hydrogen (secondary N) is 1. The van der Waals surface area contributed by atoms with Gasteiger partial charge in [-0.15, -0.1) is 0 Å². The number of amides is 2. The number of nitrogens with two attached hydrogens (primary N) is 1. The molecule has 6 heteroatoms. The number of carbonyl (C=O) groups excluding carboxylic acids is 2. The van der Waals surface area contributed by atoms with Gasteiger partial charge in [0.1, 0.15) is 5.82 Å². The Bertz CT molecular complexity index is 612. The van der Waals surface area contributed by atoms with E-state index in [2.05, 4.69) is 5.32 Å². The molecule has 1 aromatic rings. The smallest absolute Gasteiger partial charge is 0.251 e. The molecule has 3 rings (SSSR count). The third kappa shape index (κ3) is 4.18. The van der Waals surface area contributed by atoms with Crippen LogP contribution in [-0.2, 0) is 4.79 Å². The van der Waals surface area contributed by atoms with E-state index in [9.17, 15) is 14.0 Å². The predicted molar refractivity (Wildman–Crippen MR) is 93.4 cm³/mol. The fraction of sp³-hybridized carbons (Fsp3) is 0.579. The number of benzene rings is 1. The first kappa shape index (κ1) is 17.9. The summed E-state index contributed by atoms with van der Waals surface area (Å²) in [6, 6.07) is 5.58. The molecule has 136 valence electrons. The van der Waals surface area contributed by atoms with E-state index in [-0.39, 0.29) is 29.6 Å². The summed E-state index contributed by atoms with van der Waals surface area (Å²) >= 11 is 0. The van der Waals surface area contributed by atoms with Crippen molar-refractivity contribution < 1.29 is 14.0 Å². The first-order valence-corrected chi connectivity index (χ1v) is 9.13. The Kier molecular flexibility index (Phi) is 5.68. The topological polar surface area (TPSA) is 75.4 Å². The van der Waals surface area contributed by atoms with E-state index < -0.39 is 0 Å². The molecular formula is C19H26FN3O2. The first-order valence-electron chi connectivity index (χ1n) is 9.13. The van der Waals surface area contributed by atoms with Crippen LogP contribution in [0.25, 0.3) is 0 Å². The highest BCUT2D eigenvalue weighted by atomic mass is 19.1. The minimum atomic E-state index is -0.355. The molecule has 1 aliphatic heterocycles. The van der Waals surface area contributed by atoms with E-state index in [0.717, 1.165) is 32.1 Å². The molecule has 2 atom stereocenters. The number of piperidine rings is 1. The number of halogens is 1. The van der Waals surface area contributed by atoms with Crippen molar-refractivity contribution in [3.05, 3.63) is 35.6 Å². The molecule has 1 aliphatic carbocycles. The summed E-state index contributed by atoms with van der Waals surface area (Å²) in [6.07, 6.45) is 4.58. The molecule has 2 fully saturated rings. The van der Waals surface area contributed by atoms with Gasteiger partial charge in [0.15, 0.2) is 0 Å². The Morgan fingerprint density at radius 3 is 2.44 bits per heavy atom. The molecule has 5 nitrogen and oxygen atoms in total. The summed E-state index contributed by atoms with van der Waals surface area (Å²) in [6.45, 7) is 1.92. The van der Waals surface area contributed by atoms with Crippen molar-refractivity contribution in [2.75, 3.05) is 19.6 Å². The molecule has 0 unspecified atom stereocenters. The zero-order chi connectivity index (χ0) is 17.8. The van der Waals surface area contributed by atoms with Gasteiger partial charge in [-0.2, -0.15) is 0 Å². The number of hydrogen-bond donors (Lipinski definition) is 2. The second-order valence-corrected chi connectivity index (χ2v) is 7.11. The summed E-state index contributed by atoms with van der Waals surface area (Å²) in [7, 11) is 0. The Balaban J connectivity index is 1.49. The lowest BCUT2D eigenvalue weighted by molar-refractivity contribution is -0.137. The van der Waals surface area contributed by atoms with Gasteiger partial charge in [0.2, 0.25) is 5.91 Å². The summed E-state index contributed by atoms with van der Waals surface area (Å²) < 4.78 is 12.9. The van der Waals surface area contributed by atoms with Crippen molar-refractivity contribution in [3.63, 3.8) is 0 Å². The van der Waals surface area contributed by atoms with E-state index in [1.54, 1.807) is 0 Å². The Morgan fingerprint density at radius 1 is 1.12 bits per heavy atom.